The first-order valence-corrected chi connectivity index (χ1v) is 7.93. The molecule has 1 aromatic heterocycles. The Bertz CT molecular complexity index is 640. The summed E-state index contributed by atoms with van der Waals surface area (Å²) < 4.78 is 10.3. The van der Waals surface area contributed by atoms with Crippen molar-refractivity contribution < 1.29 is 14.1 Å². The Kier molecular flexibility index (Phi) is 5.49. The summed E-state index contributed by atoms with van der Waals surface area (Å²) in [5.74, 6) is 1.92. The Hall–Kier alpha value is -1.95. The lowest BCUT2D eigenvalue weighted by Gasteiger charge is -2.20. The summed E-state index contributed by atoms with van der Waals surface area (Å²) in [6.45, 7) is 5.81. The number of methoxy groups -OCH3 is 1. The van der Waals surface area contributed by atoms with E-state index in [1.54, 1.807) is 20.1 Å². The Morgan fingerprint density at radius 3 is 2.68 bits per heavy atom. The van der Waals surface area contributed by atoms with E-state index in [9.17, 15) is 4.79 Å². The zero-order chi connectivity index (χ0) is 16.1. The van der Waals surface area contributed by atoms with E-state index in [1.807, 2.05) is 38.1 Å². The van der Waals surface area contributed by atoms with Gasteiger partial charge in [-0.05, 0) is 25.0 Å². The maximum absolute atomic E-state index is 12.5. The molecule has 1 aromatic carbocycles. The first kappa shape index (κ1) is 16.4. The predicted octanol–water partition coefficient (Wildman–Crippen LogP) is 3.75. The molecule has 0 fully saturated rings. The van der Waals surface area contributed by atoms with E-state index < -0.39 is 0 Å². The summed E-state index contributed by atoms with van der Waals surface area (Å²) in [6, 6.07) is 9.38. The minimum absolute atomic E-state index is 0.0980. The molecule has 0 aliphatic rings. The molecule has 0 saturated heterocycles. The molecule has 1 heterocycles. The monoisotopic (exact) mass is 320 g/mol. The normalized spacial score (nSPS) is 12.2. The number of hydrogen-bond acceptors (Lipinski definition) is 5. The van der Waals surface area contributed by atoms with Gasteiger partial charge in [-0.15, -0.1) is 11.8 Å². The van der Waals surface area contributed by atoms with Crippen molar-refractivity contribution in [3.05, 3.63) is 36.1 Å². The number of carbonyl (C=O) groups excluding carboxylic acids is 1. The molecule has 0 bridgehead atoms. The van der Waals surface area contributed by atoms with Crippen molar-refractivity contribution in [2.45, 2.75) is 30.9 Å². The minimum atomic E-state index is -0.256. The summed E-state index contributed by atoms with van der Waals surface area (Å²) >= 11 is 1.49. The van der Waals surface area contributed by atoms with E-state index >= 15 is 0 Å². The van der Waals surface area contributed by atoms with Crippen molar-refractivity contribution in [3.63, 3.8) is 0 Å². The first-order valence-electron chi connectivity index (χ1n) is 7.05. The van der Waals surface area contributed by atoms with Gasteiger partial charge in [-0.1, -0.05) is 31.1 Å². The highest BCUT2D eigenvalue weighted by Crippen LogP contribution is 2.35. The van der Waals surface area contributed by atoms with Crippen LogP contribution in [0.3, 0.4) is 0 Å². The largest absolute Gasteiger partial charge is 0.496 e. The highest BCUT2D eigenvalue weighted by Gasteiger charge is 2.25. The molecule has 5 nitrogen and oxygen atoms in total. The summed E-state index contributed by atoms with van der Waals surface area (Å²) in [6.07, 6.45) is 0. The lowest BCUT2D eigenvalue weighted by Crippen LogP contribution is -2.29. The lowest BCUT2D eigenvalue weighted by atomic mass is 10.1. The fourth-order valence-corrected chi connectivity index (χ4v) is 3.10. The van der Waals surface area contributed by atoms with Gasteiger partial charge in [-0.2, -0.15) is 0 Å². The van der Waals surface area contributed by atoms with Crippen molar-refractivity contribution in [2.24, 2.45) is 5.92 Å². The van der Waals surface area contributed by atoms with Crippen molar-refractivity contribution in [2.75, 3.05) is 12.4 Å². The maximum Gasteiger partial charge on any atom is 0.239 e. The number of para-hydroxylation sites is 1. The predicted molar refractivity (Wildman–Crippen MR) is 87.3 cm³/mol. The van der Waals surface area contributed by atoms with Crippen LogP contribution in [-0.2, 0) is 4.79 Å². The minimum Gasteiger partial charge on any atom is -0.496 e. The molecular weight excluding hydrogens is 300 g/mol. The van der Waals surface area contributed by atoms with E-state index in [-0.39, 0.29) is 17.1 Å². The van der Waals surface area contributed by atoms with Gasteiger partial charge in [0.15, 0.2) is 5.82 Å². The molecule has 0 radical (unpaired) electrons. The maximum atomic E-state index is 12.5. The van der Waals surface area contributed by atoms with Crippen LogP contribution in [0, 0.1) is 12.8 Å². The average Bonchev–Trinajstić information content (AvgIpc) is 2.89. The van der Waals surface area contributed by atoms with E-state index in [4.69, 9.17) is 9.26 Å². The number of ether oxygens (including phenoxy) is 1. The number of rotatable bonds is 6. The van der Waals surface area contributed by atoms with Crippen molar-refractivity contribution in [3.8, 4) is 5.75 Å². The number of hydrogen-bond donors (Lipinski definition) is 1. The Morgan fingerprint density at radius 2 is 2.09 bits per heavy atom. The number of aromatic nitrogens is 1. The van der Waals surface area contributed by atoms with E-state index in [1.165, 1.54) is 11.8 Å². The number of thioether (sulfide) groups is 1. The number of nitrogens with one attached hydrogen (secondary N) is 1. The Labute approximate surface area is 134 Å². The third-order valence-electron chi connectivity index (χ3n) is 3.07. The number of benzene rings is 1. The van der Waals surface area contributed by atoms with Crippen LogP contribution in [0.1, 0.15) is 19.6 Å². The van der Waals surface area contributed by atoms with Crippen LogP contribution in [-0.4, -0.2) is 23.4 Å². The average molecular weight is 320 g/mol. The van der Waals surface area contributed by atoms with Crippen molar-refractivity contribution in [1.82, 2.24) is 5.16 Å². The van der Waals surface area contributed by atoms with Crippen LogP contribution >= 0.6 is 11.8 Å². The standard InChI is InChI=1S/C16H20N2O3S/c1-10(2)15(16(19)17-14-9-11(3)21-18-14)22-13-8-6-5-7-12(13)20-4/h5-10,15H,1-4H3,(H,17,18,19). The van der Waals surface area contributed by atoms with Crippen LogP contribution < -0.4 is 10.1 Å². The quantitative estimate of drug-likeness (QED) is 0.821. The molecule has 118 valence electrons. The highest BCUT2D eigenvalue weighted by atomic mass is 32.2. The van der Waals surface area contributed by atoms with Gasteiger partial charge in [0.2, 0.25) is 5.91 Å². The van der Waals surface area contributed by atoms with Gasteiger partial charge >= 0.3 is 0 Å². The number of aryl methyl sites for hydroxylation is 1. The van der Waals surface area contributed by atoms with Gasteiger partial charge in [0.05, 0.1) is 17.3 Å². The summed E-state index contributed by atoms with van der Waals surface area (Å²) in [5.41, 5.74) is 0. The second kappa shape index (κ2) is 7.35. The van der Waals surface area contributed by atoms with Gasteiger partial charge in [0.1, 0.15) is 11.5 Å². The number of nitrogens with zero attached hydrogens (tertiary/aromatic N) is 1. The number of amides is 1. The number of carbonyl (C=O) groups is 1. The Morgan fingerprint density at radius 1 is 1.36 bits per heavy atom. The second-order valence-electron chi connectivity index (χ2n) is 5.25. The van der Waals surface area contributed by atoms with Crippen molar-refractivity contribution >= 4 is 23.5 Å². The zero-order valence-corrected chi connectivity index (χ0v) is 13.9. The Balaban J connectivity index is 2.14. The second-order valence-corrected chi connectivity index (χ2v) is 6.43. The van der Waals surface area contributed by atoms with E-state index in [0.717, 1.165) is 10.6 Å². The summed E-state index contributed by atoms with van der Waals surface area (Å²) in [4.78, 5) is 13.5. The van der Waals surface area contributed by atoms with Gasteiger partial charge in [-0.3, -0.25) is 4.79 Å². The molecule has 1 atom stereocenters. The topological polar surface area (TPSA) is 64.4 Å². The van der Waals surface area contributed by atoms with Crippen molar-refractivity contribution in [1.29, 1.82) is 0 Å². The van der Waals surface area contributed by atoms with E-state index in [0.29, 0.717) is 11.6 Å². The van der Waals surface area contributed by atoms with Crippen LogP contribution in [0.2, 0.25) is 0 Å². The van der Waals surface area contributed by atoms with Gasteiger partial charge in [0.25, 0.3) is 0 Å². The van der Waals surface area contributed by atoms with Crippen LogP contribution in [0.25, 0.3) is 0 Å². The molecular formula is C16H20N2O3S. The molecule has 0 saturated carbocycles. The molecule has 0 spiro atoms. The van der Waals surface area contributed by atoms with Gasteiger partial charge in [-0.25, -0.2) is 0 Å². The number of anilines is 1. The molecule has 22 heavy (non-hydrogen) atoms. The SMILES string of the molecule is COc1ccccc1SC(C(=O)Nc1cc(C)on1)C(C)C. The molecule has 1 unspecified atom stereocenters. The van der Waals surface area contributed by atoms with E-state index in [2.05, 4.69) is 10.5 Å². The van der Waals surface area contributed by atoms with Crippen LogP contribution in [0.5, 0.6) is 5.75 Å². The van der Waals surface area contributed by atoms with Crippen LogP contribution in [0.15, 0.2) is 39.8 Å². The molecule has 2 rings (SSSR count). The molecule has 1 amide bonds. The third-order valence-corrected chi connectivity index (χ3v) is 4.67. The van der Waals surface area contributed by atoms with Crippen LogP contribution in [0.4, 0.5) is 5.82 Å². The summed E-state index contributed by atoms with van der Waals surface area (Å²) in [7, 11) is 1.63. The molecule has 0 aliphatic heterocycles. The lowest BCUT2D eigenvalue weighted by molar-refractivity contribution is -0.116. The molecule has 6 heteroatoms. The van der Waals surface area contributed by atoms with Gasteiger partial charge < -0.3 is 14.6 Å². The highest BCUT2D eigenvalue weighted by molar-refractivity contribution is 8.00. The fourth-order valence-electron chi connectivity index (χ4n) is 1.97. The third kappa shape index (κ3) is 4.04. The smallest absolute Gasteiger partial charge is 0.239 e. The molecule has 2 aromatic rings. The zero-order valence-electron chi connectivity index (χ0n) is 13.1. The molecule has 0 aliphatic carbocycles. The first-order chi connectivity index (χ1) is 10.5. The fraction of sp³-hybridized carbons (Fsp3) is 0.375. The van der Waals surface area contributed by atoms with Gasteiger partial charge in [0, 0.05) is 6.07 Å². The summed E-state index contributed by atoms with van der Waals surface area (Å²) in [5, 5.41) is 6.34. The molecule has 1 N–H and O–H groups in total.